The summed E-state index contributed by atoms with van der Waals surface area (Å²) >= 11 is 5.55. The van der Waals surface area contributed by atoms with Gasteiger partial charge in [0.05, 0.1) is 12.4 Å². The van der Waals surface area contributed by atoms with Gasteiger partial charge in [0.1, 0.15) is 0 Å². The maximum Gasteiger partial charge on any atom is 0.214 e. The molecule has 1 unspecified atom stereocenters. The van der Waals surface area contributed by atoms with Crippen molar-refractivity contribution >= 4 is 21.6 Å². The van der Waals surface area contributed by atoms with Crippen molar-refractivity contribution in [3.05, 3.63) is 0 Å². The smallest absolute Gasteiger partial charge is 0.214 e. The number of hydrogen-bond acceptors (Lipinski definition) is 3. The number of ether oxygens (including phenoxy) is 1. The van der Waals surface area contributed by atoms with Gasteiger partial charge < -0.3 is 4.74 Å². The summed E-state index contributed by atoms with van der Waals surface area (Å²) in [7, 11) is -1.73. The van der Waals surface area contributed by atoms with Gasteiger partial charge in [0.15, 0.2) is 0 Å². The number of alkyl halides is 1. The van der Waals surface area contributed by atoms with Crippen molar-refractivity contribution in [1.82, 2.24) is 4.72 Å². The molecule has 0 aliphatic carbocycles. The molecular formula is C8H18ClNO3S. The lowest BCUT2D eigenvalue weighted by Gasteiger charge is -2.15. The summed E-state index contributed by atoms with van der Waals surface area (Å²) in [6.45, 7) is 2.14. The molecule has 0 spiro atoms. The van der Waals surface area contributed by atoms with Gasteiger partial charge in [-0.1, -0.05) is 6.92 Å². The van der Waals surface area contributed by atoms with Gasteiger partial charge in [0.25, 0.3) is 0 Å². The lowest BCUT2D eigenvalue weighted by atomic mass is 10.2. The standard InChI is InChI=1S/C8H18ClNO3S/c1-3-8(4-5-9)10-14(11,12)7-6-13-2/h8,10H,3-7H2,1-2H3. The van der Waals surface area contributed by atoms with Crippen molar-refractivity contribution in [3.63, 3.8) is 0 Å². The first kappa shape index (κ1) is 14.2. The molecule has 0 fully saturated rings. The molecule has 0 heterocycles. The molecule has 4 nitrogen and oxygen atoms in total. The van der Waals surface area contributed by atoms with E-state index in [0.29, 0.717) is 12.3 Å². The molecule has 14 heavy (non-hydrogen) atoms. The van der Waals surface area contributed by atoms with Crippen LogP contribution in [0.3, 0.4) is 0 Å². The summed E-state index contributed by atoms with van der Waals surface area (Å²) in [5.41, 5.74) is 0. The van der Waals surface area contributed by atoms with Gasteiger partial charge in [-0.25, -0.2) is 13.1 Å². The minimum atomic E-state index is -3.21. The van der Waals surface area contributed by atoms with Gasteiger partial charge in [-0.3, -0.25) is 0 Å². The van der Waals surface area contributed by atoms with E-state index in [1.54, 1.807) is 0 Å². The maximum atomic E-state index is 11.4. The van der Waals surface area contributed by atoms with Crippen LogP contribution in [0.15, 0.2) is 0 Å². The third-order valence-electron chi connectivity index (χ3n) is 1.85. The molecule has 0 bridgehead atoms. The zero-order valence-corrected chi connectivity index (χ0v) is 10.2. The zero-order valence-electron chi connectivity index (χ0n) is 8.62. The third kappa shape index (κ3) is 6.59. The normalized spacial score (nSPS) is 14.2. The molecular weight excluding hydrogens is 226 g/mol. The van der Waals surface area contributed by atoms with Gasteiger partial charge in [-0.2, -0.15) is 0 Å². The van der Waals surface area contributed by atoms with Crippen LogP contribution < -0.4 is 4.72 Å². The van der Waals surface area contributed by atoms with Crippen molar-refractivity contribution in [3.8, 4) is 0 Å². The Morgan fingerprint density at radius 1 is 1.50 bits per heavy atom. The van der Waals surface area contributed by atoms with Crippen molar-refractivity contribution in [2.24, 2.45) is 0 Å². The maximum absolute atomic E-state index is 11.4. The Balaban J connectivity index is 4.04. The van der Waals surface area contributed by atoms with Crippen LogP contribution in [0.1, 0.15) is 19.8 Å². The summed E-state index contributed by atoms with van der Waals surface area (Å²) in [4.78, 5) is 0. The number of sulfonamides is 1. The molecule has 0 aliphatic rings. The fraction of sp³-hybridized carbons (Fsp3) is 1.00. The predicted octanol–water partition coefficient (Wildman–Crippen LogP) is 0.960. The molecule has 1 atom stereocenters. The van der Waals surface area contributed by atoms with E-state index in [0.717, 1.165) is 6.42 Å². The van der Waals surface area contributed by atoms with E-state index in [-0.39, 0.29) is 18.4 Å². The summed E-state index contributed by atoms with van der Waals surface area (Å²) in [6.07, 6.45) is 1.41. The molecule has 0 rings (SSSR count). The number of methoxy groups -OCH3 is 1. The lowest BCUT2D eigenvalue weighted by Crippen LogP contribution is -2.37. The quantitative estimate of drug-likeness (QED) is 0.646. The average Bonchev–Trinajstić information content (AvgIpc) is 2.14. The molecule has 0 aromatic rings. The molecule has 0 aromatic carbocycles. The molecule has 1 N–H and O–H groups in total. The van der Waals surface area contributed by atoms with Crippen molar-refractivity contribution in [2.75, 3.05) is 25.3 Å². The third-order valence-corrected chi connectivity index (χ3v) is 3.47. The van der Waals surface area contributed by atoms with Gasteiger partial charge in [-0.15, -0.1) is 11.6 Å². The second-order valence-electron chi connectivity index (χ2n) is 3.01. The Morgan fingerprint density at radius 2 is 2.14 bits per heavy atom. The summed E-state index contributed by atoms with van der Waals surface area (Å²) in [5, 5.41) is 0. The van der Waals surface area contributed by atoms with E-state index in [4.69, 9.17) is 16.3 Å². The van der Waals surface area contributed by atoms with Crippen LogP contribution in [0.4, 0.5) is 0 Å². The molecule has 86 valence electrons. The second-order valence-corrected chi connectivity index (χ2v) is 5.26. The highest BCUT2D eigenvalue weighted by Gasteiger charge is 2.15. The van der Waals surface area contributed by atoms with Gasteiger partial charge in [0, 0.05) is 19.0 Å². The molecule has 0 amide bonds. The largest absolute Gasteiger partial charge is 0.384 e. The summed E-state index contributed by atoms with van der Waals surface area (Å²) in [5.74, 6) is 0.466. The average molecular weight is 244 g/mol. The Hall–Kier alpha value is 0.160. The minimum Gasteiger partial charge on any atom is -0.384 e. The monoisotopic (exact) mass is 243 g/mol. The fourth-order valence-electron chi connectivity index (χ4n) is 0.984. The molecule has 0 radical (unpaired) electrons. The van der Waals surface area contributed by atoms with Crippen LogP contribution in [0.25, 0.3) is 0 Å². The summed E-state index contributed by atoms with van der Waals surface area (Å²) < 4.78 is 30.1. The first-order valence-corrected chi connectivity index (χ1v) is 6.79. The Kier molecular flexibility index (Phi) is 7.54. The molecule has 0 saturated heterocycles. The fourth-order valence-corrected chi connectivity index (χ4v) is 2.54. The zero-order chi connectivity index (χ0) is 11.0. The van der Waals surface area contributed by atoms with Gasteiger partial charge in [-0.05, 0) is 12.8 Å². The first-order valence-electron chi connectivity index (χ1n) is 4.60. The summed E-state index contributed by atoms with van der Waals surface area (Å²) in [6, 6.07) is -0.0608. The number of rotatable bonds is 8. The Labute approximate surface area is 91.0 Å². The van der Waals surface area contributed by atoms with E-state index in [1.807, 2.05) is 6.92 Å². The molecule has 0 aliphatic heterocycles. The van der Waals surface area contributed by atoms with Crippen LogP contribution in [0, 0.1) is 0 Å². The van der Waals surface area contributed by atoms with Gasteiger partial charge in [0.2, 0.25) is 10.0 Å². The lowest BCUT2D eigenvalue weighted by molar-refractivity contribution is 0.216. The SMILES string of the molecule is CCC(CCCl)NS(=O)(=O)CCOC. The molecule has 0 aromatic heterocycles. The second kappa shape index (κ2) is 7.45. The Morgan fingerprint density at radius 3 is 2.57 bits per heavy atom. The van der Waals surface area contributed by atoms with Crippen molar-refractivity contribution in [1.29, 1.82) is 0 Å². The van der Waals surface area contributed by atoms with Crippen LogP contribution >= 0.6 is 11.6 Å². The number of hydrogen-bond donors (Lipinski definition) is 1. The number of nitrogens with one attached hydrogen (secondary N) is 1. The van der Waals surface area contributed by atoms with E-state index < -0.39 is 10.0 Å². The topological polar surface area (TPSA) is 55.4 Å². The highest BCUT2D eigenvalue weighted by atomic mass is 35.5. The van der Waals surface area contributed by atoms with E-state index in [1.165, 1.54) is 7.11 Å². The van der Waals surface area contributed by atoms with Crippen LogP contribution in [0.2, 0.25) is 0 Å². The predicted molar refractivity (Wildman–Crippen MR) is 58.2 cm³/mol. The van der Waals surface area contributed by atoms with Crippen LogP contribution in [0.5, 0.6) is 0 Å². The molecule has 6 heteroatoms. The highest BCUT2D eigenvalue weighted by molar-refractivity contribution is 7.89. The first-order chi connectivity index (χ1) is 6.55. The van der Waals surface area contributed by atoms with Crippen LogP contribution in [-0.4, -0.2) is 39.8 Å². The number of halogens is 1. The van der Waals surface area contributed by atoms with E-state index in [2.05, 4.69) is 4.72 Å². The van der Waals surface area contributed by atoms with Gasteiger partial charge >= 0.3 is 0 Å². The Bertz CT molecular complexity index is 231. The van der Waals surface area contributed by atoms with Crippen molar-refractivity contribution < 1.29 is 13.2 Å². The minimum absolute atomic E-state index is 0.00227. The van der Waals surface area contributed by atoms with E-state index in [9.17, 15) is 8.42 Å². The van der Waals surface area contributed by atoms with Crippen LogP contribution in [-0.2, 0) is 14.8 Å². The molecule has 0 saturated carbocycles. The van der Waals surface area contributed by atoms with Crippen molar-refractivity contribution in [2.45, 2.75) is 25.8 Å². The van der Waals surface area contributed by atoms with E-state index >= 15 is 0 Å². The highest BCUT2D eigenvalue weighted by Crippen LogP contribution is 2.01.